The van der Waals surface area contributed by atoms with Crippen LogP contribution in [0, 0.1) is 0 Å². The third-order valence-electron chi connectivity index (χ3n) is 2.18. The van der Waals surface area contributed by atoms with Gasteiger partial charge in [-0.25, -0.2) is 0 Å². The zero-order valence-electron chi connectivity index (χ0n) is 7.91. The first-order valence-electron chi connectivity index (χ1n) is 4.58. The normalized spacial score (nSPS) is 10.4. The van der Waals surface area contributed by atoms with Gasteiger partial charge in [-0.3, -0.25) is 4.79 Å². The van der Waals surface area contributed by atoms with Gasteiger partial charge in [0.25, 0.3) is 5.56 Å². The molecule has 0 radical (unpaired) electrons. The van der Waals surface area contributed by atoms with Gasteiger partial charge in [0.2, 0.25) is 0 Å². The van der Waals surface area contributed by atoms with E-state index in [2.05, 4.69) is 5.16 Å². The van der Waals surface area contributed by atoms with Crippen LogP contribution in [0.15, 0.2) is 39.6 Å². The van der Waals surface area contributed by atoms with E-state index in [-0.39, 0.29) is 5.56 Å². The fourth-order valence-electron chi connectivity index (χ4n) is 1.47. The predicted molar refractivity (Wildman–Crippen MR) is 54.1 cm³/mol. The highest BCUT2D eigenvalue weighted by molar-refractivity contribution is 5.60. The maximum Gasteiger partial charge on any atom is 0.283 e. The Hall–Kier alpha value is -1.77. The molecule has 0 saturated heterocycles. The Labute approximate surface area is 81.3 Å². The molecule has 1 N–H and O–H groups in total. The number of hydrogen-bond donors (Lipinski definition) is 1. The third kappa shape index (κ3) is 1.37. The number of benzene rings is 1. The van der Waals surface area contributed by atoms with E-state index in [0.717, 1.165) is 5.56 Å². The molecule has 2 aromatic rings. The molecule has 0 aliphatic carbocycles. The molecular weight excluding hydrogens is 178 g/mol. The van der Waals surface area contributed by atoms with Crippen molar-refractivity contribution in [2.45, 2.75) is 13.3 Å². The molecule has 0 aliphatic rings. The standard InChI is InChI=1S/C11H11NO2/c1-2-9-10(14-12-11(9)13)8-6-4-3-5-7-8/h3-7H,2H2,1H3,(H,12,13). The summed E-state index contributed by atoms with van der Waals surface area (Å²) in [7, 11) is 0. The lowest BCUT2D eigenvalue weighted by atomic mass is 10.1. The molecule has 3 nitrogen and oxygen atoms in total. The molecule has 1 aromatic carbocycles. The maximum atomic E-state index is 11.3. The van der Waals surface area contributed by atoms with Crippen molar-refractivity contribution < 1.29 is 4.52 Å². The molecule has 0 saturated carbocycles. The van der Waals surface area contributed by atoms with Gasteiger partial charge in [-0.2, -0.15) is 5.16 Å². The van der Waals surface area contributed by atoms with Gasteiger partial charge in [0.1, 0.15) is 0 Å². The van der Waals surface area contributed by atoms with Crippen LogP contribution in [-0.2, 0) is 6.42 Å². The Kier molecular flexibility index (Phi) is 2.23. The lowest BCUT2D eigenvalue weighted by Crippen LogP contribution is -2.04. The Morgan fingerprint density at radius 2 is 2.00 bits per heavy atom. The summed E-state index contributed by atoms with van der Waals surface area (Å²) < 4.78 is 5.13. The van der Waals surface area contributed by atoms with E-state index in [1.54, 1.807) is 0 Å². The van der Waals surface area contributed by atoms with E-state index >= 15 is 0 Å². The summed E-state index contributed by atoms with van der Waals surface area (Å²) in [5, 5.41) is 2.36. The Balaban J connectivity index is 2.57. The Morgan fingerprint density at radius 3 is 2.64 bits per heavy atom. The highest BCUT2D eigenvalue weighted by Gasteiger charge is 2.11. The van der Waals surface area contributed by atoms with Crippen molar-refractivity contribution in [3.63, 3.8) is 0 Å². The van der Waals surface area contributed by atoms with Crippen LogP contribution in [0.25, 0.3) is 11.3 Å². The molecule has 3 heteroatoms. The van der Waals surface area contributed by atoms with Crippen molar-refractivity contribution >= 4 is 0 Å². The van der Waals surface area contributed by atoms with Crippen LogP contribution in [0.1, 0.15) is 12.5 Å². The number of H-pyrrole nitrogens is 1. The molecule has 0 bridgehead atoms. The SMILES string of the molecule is CCc1c(-c2ccccc2)o[nH]c1=O. The molecule has 0 spiro atoms. The largest absolute Gasteiger partial charge is 0.378 e. The number of nitrogens with one attached hydrogen (secondary N) is 1. The molecule has 0 fully saturated rings. The van der Waals surface area contributed by atoms with E-state index < -0.39 is 0 Å². The Morgan fingerprint density at radius 1 is 1.29 bits per heavy atom. The van der Waals surface area contributed by atoms with Gasteiger partial charge in [-0.05, 0) is 6.42 Å². The average molecular weight is 189 g/mol. The Bertz CT molecular complexity index is 468. The molecule has 1 aromatic heterocycles. The van der Waals surface area contributed by atoms with Gasteiger partial charge < -0.3 is 4.52 Å². The third-order valence-corrected chi connectivity index (χ3v) is 2.18. The summed E-state index contributed by atoms with van der Waals surface area (Å²) in [6.07, 6.45) is 0.677. The summed E-state index contributed by atoms with van der Waals surface area (Å²) in [6, 6.07) is 9.61. The first-order valence-corrected chi connectivity index (χ1v) is 4.58. The van der Waals surface area contributed by atoms with Crippen LogP contribution in [0.3, 0.4) is 0 Å². The highest BCUT2D eigenvalue weighted by atomic mass is 16.5. The van der Waals surface area contributed by atoms with Crippen LogP contribution < -0.4 is 5.56 Å². The first-order chi connectivity index (χ1) is 6.83. The van der Waals surface area contributed by atoms with Crippen molar-refractivity contribution in [3.8, 4) is 11.3 Å². The molecule has 0 unspecified atom stereocenters. The second kappa shape index (κ2) is 3.54. The quantitative estimate of drug-likeness (QED) is 0.787. The van der Waals surface area contributed by atoms with Gasteiger partial charge in [0.05, 0.1) is 5.56 Å². The minimum atomic E-state index is -0.133. The van der Waals surface area contributed by atoms with Crippen molar-refractivity contribution in [2.75, 3.05) is 0 Å². The monoisotopic (exact) mass is 189 g/mol. The zero-order valence-corrected chi connectivity index (χ0v) is 7.91. The van der Waals surface area contributed by atoms with Crippen LogP contribution in [0.4, 0.5) is 0 Å². The van der Waals surface area contributed by atoms with Gasteiger partial charge in [0.15, 0.2) is 5.76 Å². The van der Waals surface area contributed by atoms with E-state index in [1.165, 1.54) is 0 Å². The van der Waals surface area contributed by atoms with E-state index in [1.807, 2.05) is 37.3 Å². The number of hydrogen-bond acceptors (Lipinski definition) is 2. The highest BCUT2D eigenvalue weighted by Crippen LogP contribution is 2.20. The van der Waals surface area contributed by atoms with Crippen molar-refractivity contribution in [1.82, 2.24) is 5.16 Å². The molecule has 14 heavy (non-hydrogen) atoms. The minimum absolute atomic E-state index is 0.133. The van der Waals surface area contributed by atoms with Gasteiger partial charge in [-0.1, -0.05) is 37.3 Å². The van der Waals surface area contributed by atoms with Gasteiger partial charge in [-0.15, -0.1) is 0 Å². The fourth-order valence-corrected chi connectivity index (χ4v) is 1.47. The van der Waals surface area contributed by atoms with Gasteiger partial charge >= 0.3 is 0 Å². The van der Waals surface area contributed by atoms with E-state index in [0.29, 0.717) is 17.7 Å². The second-order valence-corrected chi connectivity index (χ2v) is 3.06. The van der Waals surface area contributed by atoms with Crippen LogP contribution in [-0.4, -0.2) is 5.16 Å². The first kappa shape index (κ1) is 8.81. The summed E-state index contributed by atoms with van der Waals surface area (Å²) in [4.78, 5) is 11.3. The van der Waals surface area contributed by atoms with Crippen LogP contribution >= 0.6 is 0 Å². The van der Waals surface area contributed by atoms with Crippen LogP contribution in [0.2, 0.25) is 0 Å². The lowest BCUT2D eigenvalue weighted by molar-refractivity contribution is 0.425. The predicted octanol–water partition coefficient (Wildman–Crippen LogP) is 2.20. The van der Waals surface area contributed by atoms with E-state index in [9.17, 15) is 4.79 Å². The molecular formula is C11H11NO2. The molecule has 72 valence electrons. The summed E-state index contributed by atoms with van der Waals surface area (Å²) in [5.74, 6) is 0.651. The second-order valence-electron chi connectivity index (χ2n) is 3.06. The summed E-state index contributed by atoms with van der Waals surface area (Å²) in [6.45, 7) is 1.94. The average Bonchev–Trinajstić information content (AvgIpc) is 2.61. The minimum Gasteiger partial charge on any atom is -0.378 e. The van der Waals surface area contributed by atoms with Crippen molar-refractivity contribution in [3.05, 3.63) is 46.2 Å². The molecule has 1 heterocycles. The lowest BCUT2D eigenvalue weighted by Gasteiger charge is -1.96. The maximum absolute atomic E-state index is 11.3. The van der Waals surface area contributed by atoms with Gasteiger partial charge in [0, 0.05) is 5.56 Å². The van der Waals surface area contributed by atoms with Crippen molar-refractivity contribution in [2.24, 2.45) is 0 Å². The summed E-state index contributed by atoms with van der Waals surface area (Å²) >= 11 is 0. The number of aromatic amines is 1. The van der Waals surface area contributed by atoms with E-state index in [4.69, 9.17) is 4.52 Å². The molecule has 0 amide bonds. The molecule has 2 rings (SSSR count). The zero-order chi connectivity index (χ0) is 9.97. The van der Waals surface area contributed by atoms with Crippen molar-refractivity contribution in [1.29, 1.82) is 0 Å². The summed E-state index contributed by atoms with van der Waals surface area (Å²) in [5.41, 5.74) is 1.50. The topological polar surface area (TPSA) is 46.0 Å². The fraction of sp³-hybridized carbons (Fsp3) is 0.182. The number of rotatable bonds is 2. The smallest absolute Gasteiger partial charge is 0.283 e. The molecule has 0 atom stereocenters. The number of aromatic nitrogens is 1. The molecule has 0 aliphatic heterocycles. The van der Waals surface area contributed by atoms with Crippen LogP contribution in [0.5, 0.6) is 0 Å².